The molecule has 1 aromatic carbocycles. The molecular formula is C30H38N8O3. The second-order valence-corrected chi connectivity index (χ2v) is 10.6. The number of carbonyl (C=O) groups is 2. The number of piperazine rings is 1. The Kier molecular flexibility index (Phi) is 9.37. The number of esters is 1. The lowest BCUT2D eigenvalue weighted by atomic mass is 10.1. The summed E-state index contributed by atoms with van der Waals surface area (Å²) in [6, 6.07) is 14.3. The summed E-state index contributed by atoms with van der Waals surface area (Å²) in [6.45, 7) is 9.13. The van der Waals surface area contributed by atoms with Crippen LogP contribution in [-0.2, 0) is 20.9 Å². The molecule has 11 nitrogen and oxygen atoms in total. The second kappa shape index (κ2) is 13.5. The van der Waals surface area contributed by atoms with Crippen molar-refractivity contribution >= 4 is 29.3 Å². The van der Waals surface area contributed by atoms with Crippen LogP contribution in [-0.4, -0.2) is 83.1 Å². The van der Waals surface area contributed by atoms with E-state index in [2.05, 4.69) is 48.9 Å². The van der Waals surface area contributed by atoms with Crippen LogP contribution in [0.5, 0.6) is 0 Å². The van der Waals surface area contributed by atoms with Gasteiger partial charge in [0.1, 0.15) is 11.9 Å². The number of carbonyl (C=O) groups excluding carboxylic acids is 2. The molecule has 2 aliphatic rings. The maximum atomic E-state index is 11.6. The maximum absolute atomic E-state index is 11.6. The molecule has 0 bridgehead atoms. The van der Waals surface area contributed by atoms with Crippen LogP contribution in [0.25, 0.3) is 11.3 Å². The van der Waals surface area contributed by atoms with E-state index in [0.29, 0.717) is 25.5 Å². The molecule has 2 aromatic heterocycles. The molecule has 0 radical (unpaired) electrons. The first kappa shape index (κ1) is 28.4. The van der Waals surface area contributed by atoms with Gasteiger partial charge in [-0.15, -0.1) is 0 Å². The van der Waals surface area contributed by atoms with Crippen molar-refractivity contribution < 1.29 is 14.3 Å². The van der Waals surface area contributed by atoms with Gasteiger partial charge in [-0.1, -0.05) is 12.1 Å². The fourth-order valence-electron chi connectivity index (χ4n) is 5.45. The smallest absolute Gasteiger partial charge is 0.302 e. The molecule has 2 fully saturated rings. The Morgan fingerprint density at radius 3 is 2.71 bits per heavy atom. The Morgan fingerprint density at radius 2 is 1.95 bits per heavy atom. The van der Waals surface area contributed by atoms with E-state index in [0.717, 1.165) is 61.9 Å². The average molecular weight is 559 g/mol. The van der Waals surface area contributed by atoms with E-state index in [1.807, 2.05) is 24.3 Å². The van der Waals surface area contributed by atoms with E-state index in [4.69, 9.17) is 14.7 Å². The molecule has 5 rings (SSSR count). The number of anilines is 3. The van der Waals surface area contributed by atoms with Crippen LogP contribution in [0, 0.1) is 0 Å². The van der Waals surface area contributed by atoms with Gasteiger partial charge in [0, 0.05) is 89.2 Å². The minimum absolute atomic E-state index is 0.0600. The van der Waals surface area contributed by atoms with Gasteiger partial charge in [0.05, 0.1) is 12.2 Å². The normalized spacial score (nSPS) is 19.1. The highest BCUT2D eigenvalue weighted by Crippen LogP contribution is 2.29. The lowest BCUT2D eigenvalue weighted by Gasteiger charge is -2.27. The Balaban J connectivity index is 1.25. The van der Waals surface area contributed by atoms with Crippen molar-refractivity contribution in [3.63, 3.8) is 0 Å². The SMILES string of the molecule is CC(=O)NCCC1CC(OC(C)=O)CN1c1ccc(-c2ccnc(Nc3cccc(CN4CCNCC4)c3)n2)cn1. The predicted molar refractivity (Wildman–Crippen MR) is 158 cm³/mol. The molecule has 2 atom stereocenters. The molecule has 0 spiro atoms. The molecule has 41 heavy (non-hydrogen) atoms. The van der Waals surface area contributed by atoms with Crippen LogP contribution >= 0.6 is 0 Å². The lowest BCUT2D eigenvalue weighted by Crippen LogP contribution is -2.42. The summed E-state index contributed by atoms with van der Waals surface area (Å²) in [5.41, 5.74) is 3.84. The molecule has 0 aliphatic carbocycles. The summed E-state index contributed by atoms with van der Waals surface area (Å²) in [5.74, 6) is 0.966. The lowest BCUT2D eigenvalue weighted by molar-refractivity contribution is -0.145. The topological polar surface area (TPSA) is 125 Å². The van der Waals surface area contributed by atoms with E-state index in [1.54, 1.807) is 12.4 Å². The van der Waals surface area contributed by atoms with Gasteiger partial charge >= 0.3 is 5.97 Å². The Labute approximate surface area is 240 Å². The molecule has 1 amide bonds. The number of hydrogen-bond donors (Lipinski definition) is 3. The second-order valence-electron chi connectivity index (χ2n) is 10.6. The minimum Gasteiger partial charge on any atom is -0.461 e. The van der Waals surface area contributed by atoms with Gasteiger partial charge in [-0.05, 0) is 42.3 Å². The van der Waals surface area contributed by atoms with E-state index in [9.17, 15) is 9.59 Å². The third-order valence-corrected chi connectivity index (χ3v) is 7.35. The number of pyridine rings is 1. The largest absolute Gasteiger partial charge is 0.461 e. The van der Waals surface area contributed by atoms with Gasteiger partial charge in [0.2, 0.25) is 11.9 Å². The average Bonchev–Trinajstić information content (AvgIpc) is 3.35. The van der Waals surface area contributed by atoms with Crippen LogP contribution in [0.2, 0.25) is 0 Å². The Morgan fingerprint density at radius 1 is 1.10 bits per heavy atom. The van der Waals surface area contributed by atoms with Crippen molar-refractivity contribution in [2.75, 3.05) is 49.5 Å². The molecule has 0 saturated carbocycles. The third kappa shape index (κ3) is 7.99. The van der Waals surface area contributed by atoms with Gasteiger partial charge in [0.15, 0.2) is 0 Å². The molecule has 2 aliphatic heterocycles. The van der Waals surface area contributed by atoms with Crippen LogP contribution < -0.4 is 20.9 Å². The van der Waals surface area contributed by atoms with Crippen molar-refractivity contribution in [3.8, 4) is 11.3 Å². The van der Waals surface area contributed by atoms with Gasteiger partial charge < -0.3 is 25.6 Å². The molecule has 216 valence electrons. The van der Waals surface area contributed by atoms with Crippen molar-refractivity contribution in [2.24, 2.45) is 0 Å². The van der Waals surface area contributed by atoms with E-state index in [-0.39, 0.29) is 24.0 Å². The Bertz CT molecular complexity index is 1330. The fraction of sp³-hybridized carbons (Fsp3) is 0.433. The van der Waals surface area contributed by atoms with Crippen molar-refractivity contribution in [1.82, 2.24) is 30.5 Å². The van der Waals surface area contributed by atoms with Gasteiger partial charge in [-0.3, -0.25) is 14.5 Å². The molecular weight excluding hydrogens is 520 g/mol. The van der Waals surface area contributed by atoms with Gasteiger partial charge in [-0.25, -0.2) is 15.0 Å². The number of rotatable bonds is 10. The van der Waals surface area contributed by atoms with E-state index in [1.165, 1.54) is 19.4 Å². The molecule has 11 heteroatoms. The summed E-state index contributed by atoms with van der Waals surface area (Å²) < 4.78 is 5.50. The molecule has 2 unspecified atom stereocenters. The molecule has 3 N–H and O–H groups in total. The fourth-order valence-corrected chi connectivity index (χ4v) is 5.45. The predicted octanol–water partition coefficient (Wildman–Crippen LogP) is 2.72. The van der Waals surface area contributed by atoms with Crippen LogP contribution in [0.1, 0.15) is 32.3 Å². The minimum atomic E-state index is -0.291. The van der Waals surface area contributed by atoms with Crippen molar-refractivity contribution in [2.45, 2.75) is 45.4 Å². The monoisotopic (exact) mass is 558 g/mol. The zero-order valence-electron chi connectivity index (χ0n) is 23.7. The number of amides is 1. The first-order valence-electron chi connectivity index (χ1n) is 14.2. The van der Waals surface area contributed by atoms with Crippen molar-refractivity contribution in [1.29, 1.82) is 0 Å². The molecule has 4 heterocycles. The Hall–Kier alpha value is -4.09. The number of hydrogen-bond acceptors (Lipinski definition) is 10. The molecule has 2 saturated heterocycles. The number of nitrogens with one attached hydrogen (secondary N) is 3. The van der Waals surface area contributed by atoms with Crippen LogP contribution in [0.4, 0.5) is 17.5 Å². The summed E-state index contributed by atoms with van der Waals surface area (Å²) in [6.07, 6.45) is 4.77. The van der Waals surface area contributed by atoms with Crippen LogP contribution in [0.15, 0.2) is 54.9 Å². The van der Waals surface area contributed by atoms with Gasteiger partial charge in [0.25, 0.3) is 0 Å². The maximum Gasteiger partial charge on any atom is 0.302 e. The number of benzene rings is 1. The summed E-state index contributed by atoms with van der Waals surface area (Å²) >= 11 is 0. The number of ether oxygens (including phenoxy) is 1. The van der Waals surface area contributed by atoms with Crippen molar-refractivity contribution in [3.05, 3.63) is 60.4 Å². The zero-order valence-corrected chi connectivity index (χ0v) is 23.7. The highest BCUT2D eigenvalue weighted by atomic mass is 16.5. The van der Waals surface area contributed by atoms with Gasteiger partial charge in [-0.2, -0.15) is 0 Å². The summed E-state index contributed by atoms with van der Waals surface area (Å²) in [4.78, 5) is 41.4. The standard InChI is InChI=1S/C30H38N8O3/c1-21(39)32-10-8-26-17-27(41-22(2)40)20-38(26)29-7-6-24(18-34-29)28-9-11-33-30(36-28)35-25-5-3-4-23(16-25)19-37-14-12-31-13-15-37/h3-7,9,11,16,18,26-27,31H,8,10,12-15,17,19-20H2,1-2H3,(H,32,39)(H,33,35,36). The van der Waals surface area contributed by atoms with Crippen LogP contribution in [0.3, 0.4) is 0 Å². The third-order valence-electron chi connectivity index (χ3n) is 7.35. The highest BCUT2D eigenvalue weighted by Gasteiger charge is 2.34. The zero-order chi connectivity index (χ0) is 28.6. The van der Waals surface area contributed by atoms with E-state index < -0.39 is 0 Å². The highest BCUT2D eigenvalue weighted by molar-refractivity contribution is 5.72. The van der Waals surface area contributed by atoms with E-state index >= 15 is 0 Å². The summed E-state index contributed by atoms with van der Waals surface area (Å²) in [5, 5.41) is 9.60. The number of aromatic nitrogens is 3. The quantitative estimate of drug-likeness (QED) is 0.320. The first-order valence-corrected chi connectivity index (χ1v) is 14.2. The molecule has 3 aromatic rings. The summed E-state index contributed by atoms with van der Waals surface area (Å²) in [7, 11) is 0. The number of nitrogens with zero attached hydrogens (tertiary/aromatic N) is 5. The first-order chi connectivity index (χ1) is 19.9.